The van der Waals surface area contributed by atoms with Crippen molar-refractivity contribution in [3.63, 3.8) is 0 Å². The summed E-state index contributed by atoms with van der Waals surface area (Å²) in [6.07, 6.45) is 0.159. The Morgan fingerprint density at radius 3 is 3.00 bits per heavy atom. The first kappa shape index (κ1) is 13.3. The lowest BCUT2D eigenvalue weighted by Crippen LogP contribution is -2.46. The quantitative estimate of drug-likeness (QED) is 0.646. The van der Waals surface area contributed by atoms with Gasteiger partial charge in [0.15, 0.2) is 0 Å². The van der Waals surface area contributed by atoms with E-state index < -0.39 is 0 Å². The molecule has 0 spiro atoms. The highest BCUT2D eigenvalue weighted by Crippen LogP contribution is 2.06. The Morgan fingerprint density at radius 1 is 1.53 bits per heavy atom. The summed E-state index contributed by atoms with van der Waals surface area (Å²) in [6, 6.07) is 0.601. The van der Waals surface area contributed by atoms with Crippen molar-refractivity contribution in [2.45, 2.75) is 12.1 Å². The molecule has 2 atom stereocenters. The lowest BCUT2D eigenvalue weighted by atomic mass is 10.3. The van der Waals surface area contributed by atoms with E-state index in [-0.39, 0.29) is 6.10 Å². The number of hydrogen-bond acceptors (Lipinski definition) is 5. The lowest BCUT2D eigenvalue weighted by molar-refractivity contribution is 0.0288. The summed E-state index contributed by atoms with van der Waals surface area (Å²) in [7, 11) is 3.42. The standard InChI is InChI=1S/C10H22N2O2S/c1-13-7-10(14-2)6-11-5-9-8-15-4-3-12-9/h9-12H,3-8H2,1-2H3. The molecule has 0 radical (unpaired) electrons. The molecule has 15 heavy (non-hydrogen) atoms. The number of methoxy groups -OCH3 is 2. The first-order valence-corrected chi connectivity index (χ1v) is 6.56. The Morgan fingerprint density at radius 2 is 2.40 bits per heavy atom. The highest BCUT2D eigenvalue weighted by Gasteiger charge is 2.13. The molecular formula is C10H22N2O2S. The number of hydrogen-bond donors (Lipinski definition) is 2. The minimum atomic E-state index is 0.159. The molecule has 0 aromatic rings. The molecule has 1 rings (SSSR count). The van der Waals surface area contributed by atoms with Crippen LogP contribution >= 0.6 is 11.8 Å². The molecule has 5 heteroatoms. The molecule has 0 amide bonds. The Hall–Kier alpha value is 0.190. The van der Waals surface area contributed by atoms with Crippen molar-refractivity contribution in [3.05, 3.63) is 0 Å². The predicted octanol–water partition coefficient (Wildman–Crippen LogP) is -0.0576. The van der Waals surface area contributed by atoms with Crippen molar-refractivity contribution in [2.75, 3.05) is 52.0 Å². The van der Waals surface area contributed by atoms with Crippen molar-refractivity contribution in [1.82, 2.24) is 10.6 Å². The highest BCUT2D eigenvalue weighted by atomic mass is 32.2. The van der Waals surface area contributed by atoms with Gasteiger partial charge in [0, 0.05) is 51.4 Å². The molecule has 1 aliphatic heterocycles. The van der Waals surface area contributed by atoms with Gasteiger partial charge < -0.3 is 20.1 Å². The second kappa shape index (κ2) is 8.35. The Bertz CT molecular complexity index is 150. The molecule has 90 valence electrons. The van der Waals surface area contributed by atoms with Crippen LogP contribution in [0.3, 0.4) is 0 Å². The van der Waals surface area contributed by atoms with Crippen LogP contribution in [0.2, 0.25) is 0 Å². The number of thioether (sulfide) groups is 1. The number of ether oxygens (including phenoxy) is 2. The van der Waals surface area contributed by atoms with Crippen LogP contribution in [0.4, 0.5) is 0 Å². The first-order chi connectivity index (χ1) is 7.36. The van der Waals surface area contributed by atoms with Crippen LogP contribution < -0.4 is 10.6 Å². The summed E-state index contributed by atoms with van der Waals surface area (Å²) < 4.78 is 10.3. The summed E-state index contributed by atoms with van der Waals surface area (Å²) in [6.45, 7) is 3.64. The van der Waals surface area contributed by atoms with Gasteiger partial charge in [-0.15, -0.1) is 0 Å². The van der Waals surface area contributed by atoms with Gasteiger partial charge in [-0.2, -0.15) is 11.8 Å². The molecule has 1 heterocycles. The zero-order valence-electron chi connectivity index (χ0n) is 9.62. The molecule has 0 aromatic carbocycles. The molecule has 2 unspecified atom stereocenters. The number of rotatable bonds is 7. The van der Waals surface area contributed by atoms with Crippen molar-refractivity contribution >= 4 is 11.8 Å². The molecule has 4 nitrogen and oxygen atoms in total. The normalized spacial score (nSPS) is 24.0. The van der Waals surface area contributed by atoms with E-state index in [0.717, 1.165) is 19.6 Å². The summed E-state index contributed by atoms with van der Waals surface area (Å²) in [5.41, 5.74) is 0. The van der Waals surface area contributed by atoms with Gasteiger partial charge in [0.25, 0.3) is 0 Å². The van der Waals surface area contributed by atoms with Gasteiger partial charge in [0.2, 0.25) is 0 Å². The van der Waals surface area contributed by atoms with E-state index in [0.29, 0.717) is 12.6 Å². The lowest BCUT2D eigenvalue weighted by Gasteiger charge is -2.24. The van der Waals surface area contributed by atoms with Crippen LogP contribution in [0.15, 0.2) is 0 Å². The summed E-state index contributed by atoms with van der Waals surface area (Å²) >= 11 is 2.02. The molecule has 1 saturated heterocycles. The fourth-order valence-corrected chi connectivity index (χ4v) is 2.51. The molecule has 2 N–H and O–H groups in total. The third-order valence-corrected chi connectivity index (χ3v) is 3.58. The summed E-state index contributed by atoms with van der Waals surface area (Å²) in [4.78, 5) is 0. The van der Waals surface area contributed by atoms with Gasteiger partial charge in [-0.25, -0.2) is 0 Å². The zero-order valence-corrected chi connectivity index (χ0v) is 10.4. The topological polar surface area (TPSA) is 42.5 Å². The van der Waals surface area contributed by atoms with E-state index in [2.05, 4.69) is 10.6 Å². The smallest absolute Gasteiger partial charge is 0.0928 e. The molecule has 0 bridgehead atoms. The van der Waals surface area contributed by atoms with Crippen molar-refractivity contribution in [2.24, 2.45) is 0 Å². The van der Waals surface area contributed by atoms with Gasteiger partial charge in [0.1, 0.15) is 0 Å². The Balaban J connectivity index is 2.03. The van der Waals surface area contributed by atoms with E-state index in [1.165, 1.54) is 11.5 Å². The van der Waals surface area contributed by atoms with Gasteiger partial charge in [-0.1, -0.05) is 0 Å². The minimum Gasteiger partial charge on any atom is -0.382 e. The second-order valence-electron chi connectivity index (χ2n) is 3.70. The molecule has 0 saturated carbocycles. The van der Waals surface area contributed by atoms with Crippen molar-refractivity contribution < 1.29 is 9.47 Å². The van der Waals surface area contributed by atoms with Crippen LogP contribution in [0.25, 0.3) is 0 Å². The maximum atomic E-state index is 5.27. The monoisotopic (exact) mass is 234 g/mol. The van der Waals surface area contributed by atoms with E-state index in [1.54, 1.807) is 14.2 Å². The Kier molecular flexibility index (Phi) is 7.38. The number of nitrogens with one attached hydrogen (secondary N) is 2. The van der Waals surface area contributed by atoms with E-state index in [1.807, 2.05) is 11.8 Å². The van der Waals surface area contributed by atoms with E-state index >= 15 is 0 Å². The fraction of sp³-hybridized carbons (Fsp3) is 1.00. The van der Waals surface area contributed by atoms with Crippen LogP contribution in [-0.2, 0) is 9.47 Å². The van der Waals surface area contributed by atoms with Gasteiger partial charge in [-0.3, -0.25) is 0 Å². The van der Waals surface area contributed by atoms with Crippen LogP contribution in [0, 0.1) is 0 Å². The molecule has 0 aromatic heterocycles. The third-order valence-electron chi connectivity index (χ3n) is 2.45. The molecule has 1 aliphatic rings. The zero-order chi connectivity index (χ0) is 10.9. The van der Waals surface area contributed by atoms with Gasteiger partial charge >= 0.3 is 0 Å². The van der Waals surface area contributed by atoms with Crippen molar-refractivity contribution in [3.8, 4) is 0 Å². The van der Waals surface area contributed by atoms with Crippen LogP contribution in [0.1, 0.15) is 0 Å². The summed E-state index contributed by atoms with van der Waals surface area (Å²) in [5, 5.41) is 6.90. The van der Waals surface area contributed by atoms with E-state index in [9.17, 15) is 0 Å². The maximum Gasteiger partial charge on any atom is 0.0928 e. The molecular weight excluding hydrogens is 212 g/mol. The highest BCUT2D eigenvalue weighted by molar-refractivity contribution is 7.99. The fourth-order valence-electron chi connectivity index (χ4n) is 1.57. The van der Waals surface area contributed by atoms with Crippen molar-refractivity contribution in [1.29, 1.82) is 0 Å². The largest absolute Gasteiger partial charge is 0.382 e. The molecule has 1 fully saturated rings. The van der Waals surface area contributed by atoms with Gasteiger partial charge in [-0.05, 0) is 0 Å². The predicted molar refractivity (Wildman–Crippen MR) is 64.7 cm³/mol. The third kappa shape index (κ3) is 5.73. The minimum absolute atomic E-state index is 0.159. The average Bonchev–Trinajstić information content (AvgIpc) is 2.29. The van der Waals surface area contributed by atoms with Gasteiger partial charge in [0.05, 0.1) is 12.7 Å². The SMILES string of the molecule is COCC(CNCC1CSCCN1)OC. The Labute approximate surface area is 96.5 Å². The van der Waals surface area contributed by atoms with E-state index in [4.69, 9.17) is 9.47 Å². The van der Waals surface area contributed by atoms with Crippen LogP contribution in [-0.4, -0.2) is 64.1 Å². The van der Waals surface area contributed by atoms with Crippen LogP contribution in [0.5, 0.6) is 0 Å². The molecule has 0 aliphatic carbocycles. The summed E-state index contributed by atoms with van der Waals surface area (Å²) in [5.74, 6) is 2.44. The average molecular weight is 234 g/mol. The second-order valence-corrected chi connectivity index (χ2v) is 4.85. The first-order valence-electron chi connectivity index (χ1n) is 5.40. The maximum absolute atomic E-state index is 5.27.